The van der Waals surface area contributed by atoms with Crippen LogP contribution in [0.1, 0.15) is 115 Å². The monoisotopic (exact) mass is 568 g/mol. The summed E-state index contributed by atoms with van der Waals surface area (Å²) in [7, 11) is 1.67. The van der Waals surface area contributed by atoms with Gasteiger partial charge in [0.15, 0.2) is 6.10 Å². The molecule has 2 aromatic carbocycles. The van der Waals surface area contributed by atoms with Crippen LogP contribution in [-0.2, 0) is 14.3 Å². The van der Waals surface area contributed by atoms with Crippen LogP contribution in [0.25, 0.3) is 10.8 Å². The van der Waals surface area contributed by atoms with Crippen molar-refractivity contribution >= 4 is 16.7 Å². The molecule has 0 aliphatic heterocycles. The van der Waals surface area contributed by atoms with Crippen molar-refractivity contribution < 1.29 is 23.7 Å². The molecule has 5 nitrogen and oxygen atoms in total. The fraction of sp³-hybridized carbons (Fsp3) is 0.639. The zero-order chi connectivity index (χ0) is 29.5. The minimum Gasteiger partial charge on any atom is -0.496 e. The predicted molar refractivity (Wildman–Crippen MR) is 171 cm³/mol. The van der Waals surface area contributed by atoms with E-state index >= 15 is 0 Å². The van der Waals surface area contributed by atoms with Crippen molar-refractivity contribution in [3.05, 3.63) is 48.6 Å². The average molecular weight is 569 g/mol. The van der Waals surface area contributed by atoms with E-state index in [1.165, 1.54) is 102 Å². The highest BCUT2D eigenvalue weighted by Crippen LogP contribution is 2.36. The Morgan fingerprint density at radius 3 is 1.88 bits per heavy atom. The van der Waals surface area contributed by atoms with Crippen molar-refractivity contribution in [3.63, 3.8) is 0 Å². The highest BCUT2D eigenvalue weighted by atomic mass is 16.6. The number of benzene rings is 2. The molecule has 0 saturated carbocycles. The average Bonchev–Trinajstić information content (AvgIpc) is 2.99. The van der Waals surface area contributed by atoms with Gasteiger partial charge in [-0.15, -0.1) is 0 Å². The lowest BCUT2D eigenvalue weighted by molar-refractivity contribution is -0.148. The van der Waals surface area contributed by atoms with Crippen LogP contribution in [0.15, 0.2) is 43.0 Å². The second-order valence-electron chi connectivity index (χ2n) is 11.2. The Labute approximate surface area is 250 Å². The molecule has 0 aromatic heterocycles. The number of esters is 1. The molecular weight excluding hydrogens is 512 g/mol. The van der Waals surface area contributed by atoms with Crippen LogP contribution in [0.3, 0.4) is 0 Å². The fourth-order valence-electron chi connectivity index (χ4n) is 5.28. The zero-order valence-electron chi connectivity index (χ0n) is 26.2. The number of aryl methyl sites for hydroxylation is 1. The van der Waals surface area contributed by atoms with E-state index in [1.807, 2.05) is 37.3 Å². The van der Waals surface area contributed by atoms with Crippen LogP contribution in [0, 0.1) is 6.92 Å². The van der Waals surface area contributed by atoms with Crippen LogP contribution in [0.5, 0.6) is 11.5 Å². The fourth-order valence-corrected chi connectivity index (χ4v) is 5.28. The van der Waals surface area contributed by atoms with Crippen molar-refractivity contribution in [2.45, 2.75) is 123 Å². The lowest BCUT2D eigenvalue weighted by Crippen LogP contribution is -2.29. The Morgan fingerprint density at radius 2 is 1.34 bits per heavy atom. The second kappa shape index (κ2) is 22.1. The summed E-state index contributed by atoms with van der Waals surface area (Å²) < 4.78 is 23.2. The van der Waals surface area contributed by atoms with E-state index in [-0.39, 0.29) is 6.61 Å². The molecule has 2 rings (SSSR count). The minimum atomic E-state index is -0.512. The molecule has 2 aromatic rings. The van der Waals surface area contributed by atoms with Gasteiger partial charge in [-0.05, 0) is 25.0 Å². The molecule has 1 unspecified atom stereocenters. The molecule has 41 heavy (non-hydrogen) atoms. The smallest absolute Gasteiger partial charge is 0.330 e. The third-order valence-electron chi connectivity index (χ3n) is 7.67. The molecule has 0 aliphatic carbocycles. The van der Waals surface area contributed by atoms with Gasteiger partial charge in [0.2, 0.25) is 0 Å². The van der Waals surface area contributed by atoms with Crippen molar-refractivity contribution in [2.24, 2.45) is 0 Å². The Balaban J connectivity index is 1.59. The Kier molecular flexibility index (Phi) is 18.7. The van der Waals surface area contributed by atoms with E-state index in [0.29, 0.717) is 13.2 Å². The molecule has 0 amide bonds. The van der Waals surface area contributed by atoms with Crippen molar-refractivity contribution in [1.82, 2.24) is 0 Å². The van der Waals surface area contributed by atoms with Gasteiger partial charge in [-0.3, -0.25) is 0 Å². The lowest BCUT2D eigenvalue weighted by Gasteiger charge is -2.20. The third-order valence-corrected chi connectivity index (χ3v) is 7.67. The highest BCUT2D eigenvalue weighted by Gasteiger charge is 2.17. The lowest BCUT2D eigenvalue weighted by atomic mass is 10.0. The standard InChI is InChI=1S/C36H56O5/c1-5-7-8-9-10-11-12-13-14-15-16-17-18-19-20-23-26-39-28-31(41-35(37)6-2)29-40-36-30(3)27-34(38-4)32-24-21-22-25-33(32)36/h6,21-22,24-25,27,31H,2,5,7-20,23,26,28-29H2,1,3-4H3. The maximum Gasteiger partial charge on any atom is 0.330 e. The van der Waals surface area contributed by atoms with Crippen LogP contribution in [0.4, 0.5) is 0 Å². The summed E-state index contributed by atoms with van der Waals surface area (Å²) in [6.45, 7) is 8.95. The van der Waals surface area contributed by atoms with Gasteiger partial charge in [0.1, 0.15) is 18.1 Å². The number of ether oxygens (including phenoxy) is 4. The summed E-state index contributed by atoms with van der Waals surface area (Å²) in [5, 5.41) is 1.95. The first-order chi connectivity index (χ1) is 20.1. The van der Waals surface area contributed by atoms with Gasteiger partial charge in [0, 0.05) is 23.5 Å². The van der Waals surface area contributed by atoms with Crippen LogP contribution < -0.4 is 9.47 Å². The summed E-state index contributed by atoms with van der Waals surface area (Å²) in [6.07, 6.45) is 22.2. The van der Waals surface area contributed by atoms with E-state index in [4.69, 9.17) is 18.9 Å². The maximum atomic E-state index is 11.9. The molecular formula is C36H56O5. The number of methoxy groups -OCH3 is 1. The van der Waals surface area contributed by atoms with E-state index in [0.717, 1.165) is 34.3 Å². The number of unbranched alkanes of at least 4 members (excludes halogenated alkanes) is 15. The molecule has 0 aliphatic rings. The van der Waals surface area contributed by atoms with Gasteiger partial charge in [0.25, 0.3) is 0 Å². The number of carbonyl (C=O) groups is 1. The molecule has 1 atom stereocenters. The molecule has 0 saturated heterocycles. The predicted octanol–water partition coefficient (Wildman–Crippen LogP) is 9.91. The van der Waals surface area contributed by atoms with Crippen LogP contribution >= 0.6 is 0 Å². The summed E-state index contributed by atoms with van der Waals surface area (Å²) >= 11 is 0. The molecule has 0 N–H and O–H groups in total. The summed E-state index contributed by atoms with van der Waals surface area (Å²) in [5.41, 5.74) is 0.962. The summed E-state index contributed by atoms with van der Waals surface area (Å²) in [5.74, 6) is 1.10. The first-order valence-corrected chi connectivity index (χ1v) is 16.2. The van der Waals surface area contributed by atoms with Gasteiger partial charge in [-0.25, -0.2) is 4.79 Å². The molecule has 0 spiro atoms. The number of hydrogen-bond donors (Lipinski definition) is 0. The van der Waals surface area contributed by atoms with Crippen LogP contribution in [-0.4, -0.2) is 39.0 Å². The Hall–Kier alpha value is -2.53. The van der Waals surface area contributed by atoms with Gasteiger partial charge in [0.05, 0.1) is 13.7 Å². The van der Waals surface area contributed by atoms with Crippen molar-refractivity contribution in [1.29, 1.82) is 0 Å². The topological polar surface area (TPSA) is 54.0 Å². The largest absolute Gasteiger partial charge is 0.496 e. The number of fused-ring (bicyclic) bond motifs is 1. The summed E-state index contributed by atoms with van der Waals surface area (Å²) in [4.78, 5) is 11.9. The zero-order valence-corrected chi connectivity index (χ0v) is 26.2. The SMILES string of the molecule is C=CC(=O)OC(COCCCCCCCCCCCCCCCCCC)COc1c(C)cc(OC)c2ccccc12. The quantitative estimate of drug-likeness (QED) is 0.0678. The first-order valence-electron chi connectivity index (χ1n) is 16.2. The normalized spacial score (nSPS) is 11.9. The molecule has 0 heterocycles. The van der Waals surface area contributed by atoms with E-state index < -0.39 is 12.1 Å². The van der Waals surface area contributed by atoms with Gasteiger partial charge in [-0.1, -0.05) is 134 Å². The minimum absolute atomic E-state index is 0.204. The Bertz CT molecular complexity index is 985. The number of carbonyl (C=O) groups excluding carboxylic acids is 1. The van der Waals surface area contributed by atoms with Gasteiger partial charge < -0.3 is 18.9 Å². The number of rotatable bonds is 25. The Morgan fingerprint density at radius 1 is 0.805 bits per heavy atom. The molecule has 5 heteroatoms. The molecule has 230 valence electrons. The first kappa shape index (κ1) is 34.7. The highest BCUT2D eigenvalue weighted by molar-refractivity contribution is 5.94. The van der Waals surface area contributed by atoms with E-state index in [1.54, 1.807) is 7.11 Å². The second-order valence-corrected chi connectivity index (χ2v) is 11.2. The maximum absolute atomic E-state index is 11.9. The number of hydrogen-bond acceptors (Lipinski definition) is 5. The summed E-state index contributed by atoms with van der Waals surface area (Å²) in [6, 6.07) is 9.95. The van der Waals surface area contributed by atoms with E-state index in [9.17, 15) is 4.79 Å². The molecule has 0 radical (unpaired) electrons. The van der Waals surface area contributed by atoms with Crippen molar-refractivity contribution in [3.8, 4) is 11.5 Å². The van der Waals surface area contributed by atoms with E-state index in [2.05, 4.69) is 13.5 Å². The van der Waals surface area contributed by atoms with Gasteiger partial charge in [-0.2, -0.15) is 0 Å². The third kappa shape index (κ3) is 14.3. The van der Waals surface area contributed by atoms with Gasteiger partial charge >= 0.3 is 5.97 Å². The molecule has 0 fully saturated rings. The van der Waals surface area contributed by atoms with Crippen molar-refractivity contribution in [2.75, 3.05) is 26.9 Å². The van der Waals surface area contributed by atoms with Crippen LogP contribution in [0.2, 0.25) is 0 Å². The molecule has 0 bridgehead atoms.